The van der Waals surface area contributed by atoms with Crippen LogP contribution >= 0.6 is 0 Å². The smallest absolute Gasteiger partial charge is 0.331 e. The van der Waals surface area contributed by atoms with Gasteiger partial charge in [-0.3, -0.25) is 4.99 Å². The Kier molecular flexibility index (Phi) is 7.01. The van der Waals surface area contributed by atoms with Gasteiger partial charge in [0.15, 0.2) is 6.04 Å². The fraction of sp³-hybridized carbons (Fsp3) is 0.259. The lowest BCUT2D eigenvalue weighted by atomic mass is 10.00. The molecule has 0 N–H and O–H groups in total. The van der Waals surface area contributed by atoms with E-state index in [1.165, 1.54) is 6.07 Å². The van der Waals surface area contributed by atoms with Gasteiger partial charge >= 0.3 is 5.97 Å². The number of carbonyl (C=O) groups is 1. The predicted octanol–water partition coefficient (Wildman–Crippen LogP) is 5.92. The lowest BCUT2D eigenvalue weighted by Gasteiger charge is -2.23. The summed E-state index contributed by atoms with van der Waals surface area (Å²) >= 11 is 0. The van der Waals surface area contributed by atoms with Gasteiger partial charge in [-0.05, 0) is 44.9 Å². The fourth-order valence-corrected chi connectivity index (χ4v) is 3.24. The van der Waals surface area contributed by atoms with Gasteiger partial charge in [-0.25, -0.2) is 9.18 Å². The van der Waals surface area contributed by atoms with E-state index in [1.54, 1.807) is 6.07 Å². The van der Waals surface area contributed by atoms with Crippen LogP contribution in [0.25, 0.3) is 0 Å². The van der Waals surface area contributed by atoms with Crippen LogP contribution in [0, 0.1) is 12.7 Å². The first-order chi connectivity index (χ1) is 14.7. The highest BCUT2D eigenvalue weighted by molar-refractivity contribution is 6.13. The zero-order valence-electron chi connectivity index (χ0n) is 18.4. The molecule has 3 rings (SSSR count). The molecule has 160 valence electrons. The Morgan fingerprint density at radius 3 is 1.97 bits per heavy atom. The Morgan fingerprint density at radius 1 is 0.935 bits per heavy atom. The normalized spacial score (nSPS) is 12.2. The number of halogens is 1. The maximum atomic E-state index is 14.6. The Hall–Kier alpha value is -3.27. The van der Waals surface area contributed by atoms with Crippen LogP contribution in [0.15, 0.2) is 83.9 Å². The first-order valence-electron chi connectivity index (χ1n) is 10.4. The van der Waals surface area contributed by atoms with Crippen LogP contribution in [0.3, 0.4) is 0 Å². The topological polar surface area (TPSA) is 38.7 Å². The Balaban J connectivity index is 2.08. The van der Waals surface area contributed by atoms with Gasteiger partial charge in [0.05, 0.1) is 5.71 Å². The molecular formula is C27H28FNO2. The molecule has 0 spiro atoms. The molecule has 3 aromatic carbocycles. The molecule has 0 aliphatic heterocycles. The summed E-state index contributed by atoms with van der Waals surface area (Å²) < 4.78 is 20.2. The minimum atomic E-state index is -0.883. The van der Waals surface area contributed by atoms with Crippen LogP contribution in [-0.4, -0.2) is 23.3 Å². The van der Waals surface area contributed by atoms with Gasteiger partial charge in [0.2, 0.25) is 0 Å². The molecule has 0 unspecified atom stereocenters. The summed E-state index contributed by atoms with van der Waals surface area (Å²) in [6.45, 7) is 7.27. The Labute approximate surface area is 183 Å². The maximum absolute atomic E-state index is 14.6. The fourth-order valence-electron chi connectivity index (χ4n) is 3.24. The van der Waals surface area contributed by atoms with Gasteiger partial charge in [-0.2, -0.15) is 0 Å². The highest BCUT2D eigenvalue weighted by Crippen LogP contribution is 2.19. The third kappa shape index (κ3) is 6.35. The number of esters is 1. The van der Waals surface area contributed by atoms with Crippen LogP contribution in [-0.2, 0) is 16.0 Å². The van der Waals surface area contributed by atoms with Crippen molar-refractivity contribution in [1.29, 1.82) is 0 Å². The molecule has 3 nitrogen and oxygen atoms in total. The largest absolute Gasteiger partial charge is 0.458 e. The van der Waals surface area contributed by atoms with E-state index in [0.717, 1.165) is 16.7 Å². The van der Waals surface area contributed by atoms with E-state index in [4.69, 9.17) is 9.73 Å². The molecular weight excluding hydrogens is 389 g/mol. The van der Waals surface area contributed by atoms with Crippen molar-refractivity contribution in [3.63, 3.8) is 0 Å². The second kappa shape index (κ2) is 9.69. The van der Waals surface area contributed by atoms with Crippen LogP contribution in [0.4, 0.5) is 4.39 Å². The van der Waals surface area contributed by atoms with E-state index in [-0.39, 0.29) is 12.2 Å². The molecule has 0 aliphatic rings. The number of nitrogens with zero attached hydrogens (tertiary/aromatic N) is 1. The van der Waals surface area contributed by atoms with Crippen LogP contribution < -0.4 is 0 Å². The van der Waals surface area contributed by atoms with E-state index < -0.39 is 17.6 Å². The maximum Gasteiger partial charge on any atom is 0.331 e. The molecule has 0 saturated carbocycles. The molecule has 4 heteroatoms. The monoisotopic (exact) mass is 417 g/mol. The summed E-state index contributed by atoms with van der Waals surface area (Å²) in [6.07, 6.45) is 0.115. The zero-order valence-corrected chi connectivity index (χ0v) is 18.4. The van der Waals surface area contributed by atoms with Crippen molar-refractivity contribution in [3.05, 3.63) is 107 Å². The number of hydrogen-bond donors (Lipinski definition) is 0. The van der Waals surface area contributed by atoms with E-state index in [2.05, 4.69) is 0 Å². The lowest BCUT2D eigenvalue weighted by molar-refractivity contribution is -0.156. The lowest BCUT2D eigenvalue weighted by Crippen LogP contribution is -2.33. The highest BCUT2D eigenvalue weighted by Gasteiger charge is 2.27. The first-order valence-corrected chi connectivity index (χ1v) is 10.4. The van der Waals surface area contributed by atoms with Crippen LogP contribution in [0.5, 0.6) is 0 Å². The molecule has 0 fully saturated rings. The van der Waals surface area contributed by atoms with E-state index in [9.17, 15) is 9.18 Å². The molecule has 1 atom stereocenters. The minimum Gasteiger partial charge on any atom is -0.458 e. The van der Waals surface area contributed by atoms with Crippen molar-refractivity contribution in [2.75, 3.05) is 0 Å². The molecule has 0 heterocycles. The highest BCUT2D eigenvalue weighted by atomic mass is 19.1. The second-order valence-corrected chi connectivity index (χ2v) is 8.56. The molecule has 0 aromatic heterocycles. The SMILES string of the molecule is Cc1ccc(C[C@H](N=C(c2ccccc2)c2ccccc2)C(=O)OC(C)(C)C)c(F)c1. The Bertz CT molecular complexity index is 1010. The van der Waals surface area contributed by atoms with E-state index >= 15 is 0 Å². The third-order valence-corrected chi connectivity index (χ3v) is 4.68. The van der Waals surface area contributed by atoms with Gasteiger partial charge in [0.25, 0.3) is 0 Å². The molecule has 0 aliphatic carbocycles. The zero-order chi connectivity index (χ0) is 22.4. The van der Waals surface area contributed by atoms with E-state index in [1.807, 2.05) is 94.4 Å². The van der Waals surface area contributed by atoms with Crippen LogP contribution in [0.1, 0.15) is 43.0 Å². The number of aliphatic imine (C=N–C) groups is 1. The summed E-state index contributed by atoms with van der Waals surface area (Å²) in [5, 5.41) is 0. The Morgan fingerprint density at radius 2 is 1.48 bits per heavy atom. The number of carbonyl (C=O) groups excluding carboxylic acids is 1. The standard InChI is InChI=1S/C27H28FNO2/c1-19-15-16-22(23(28)17-19)18-24(26(30)31-27(2,3)4)29-25(20-11-7-5-8-12-20)21-13-9-6-10-14-21/h5-17,24H,18H2,1-4H3/t24-/m0/s1. The third-order valence-electron chi connectivity index (χ3n) is 4.68. The summed E-state index contributed by atoms with van der Waals surface area (Å²) in [7, 11) is 0. The first kappa shape index (κ1) is 22.4. The minimum absolute atomic E-state index is 0.115. The number of aryl methyl sites for hydroxylation is 1. The summed E-state index contributed by atoms with van der Waals surface area (Å²) in [5.74, 6) is -0.818. The molecule has 0 amide bonds. The van der Waals surface area contributed by atoms with Crippen LogP contribution in [0.2, 0.25) is 0 Å². The van der Waals surface area contributed by atoms with Gasteiger partial charge in [-0.1, -0.05) is 72.8 Å². The average Bonchev–Trinajstić information content (AvgIpc) is 2.72. The van der Waals surface area contributed by atoms with Crippen molar-refractivity contribution >= 4 is 11.7 Å². The summed E-state index contributed by atoms with van der Waals surface area (Å²) in [5.41, 5.74) is 3.03. The number of rotatable bonds is 6. The van der Waals surface area contributed by atoms with Crippen molar-refractivity contribution in [3.8, 4) is 0 Å². The van der Waals surface area contributed by atoms with Gasteiger partial charge in [-0.15, -0.1) is 0 Å². The summed E-state index contributed by atoms with van der Waals surface area (Å²) in [6, 6.07) is 23.5. The average molecular weight is 418 g/mol. The van der Waals surface area contributed by atoms with Gasteiger partial charge in [0.1, 0.15) is 11.4 Å². The van der Waals surface area contributed by atoms with Crippen molar-refractivity contribution in [2.24, 2.45) is 4.99 Å². The van der Waals surface area contributed by atoms with Gasteiger partial charge in [0, 0.05) is 17.5 Å². The number of hydrogen-bond acceptors (Lipinski definition) is 3. The predicted molar refractivity (Wildman–Crippen MR) is 123 cm³/mol. The molecule has 0 radical (unpaired) electrons. The number of benzene rings is 3. The number of ether oxygens (including phenoxy) is 1. The molecule has 0 bridgehead atoms. The van der Waals surface area contributed by atoms with Crippen molar-refractivity contribution < 1.29 is 13.9 Å². The summed E-state index contributed by atoms with van der Waals surface area (Å²) in [4.78, 5) is 17.9. The second-order valence-electron chi connectivity index (χ2n) is 8.56. The molecule has 0 saturated heterocycles. The van der Waals surface area contributed by atoms with Crippen molar-refractivity contribution in [1.82, 2.24) is 0 Å². The quantitative estimate of drug-likeness (QED) is 0.369. The molecule has 31 heavy (non-hydrogen) atoms. The molecule has 3 aromatic rings. The van der Waals surface area contributed by atoms with E-state index in [0.29, 0.717) is 11.3 Å². The van der Waals surface area contributed by atoms with Crippen molar-refractivity contribution in [2.45, 2.75) is 45.8 Å². The van der Waals surface area contributed by atoms with Gasteiger partial charge < -0.3 is 4.74 Å².